The van der Waals surface area contributed by atoms with Crippen LogP contribution >= 0.6 is 0 Å². The summed E-state index contributed by atoms with van der Waals surface area (Å²) in [6.45, 7) is 3.30. The highest BCUT2D eigenvalue weighted by Gasteiger charge is 2.49. The maximum Gasteiger partial charge on any atom is 0.259 e. The fourth-order valence-electron chi connectivity index (χ4n) is 4.28. The molecule has 4 rings (SSSR count). The van der Waals surface area contributed by atoms with E-state index < -0.39 is 5.60 Å². The minimum atomic E-state index is -0.646. The lowest BCUT2D eigenvalue weighted by Crippen LogP contribution is -2.44. The van der Waals surface area contributed by atoms with Crippen molar-refractivity contribution in [2.24, 2.45) is 11.8 Å². The van der Waals surface area contributed by atoms with E-state index in [2.05, 4.69) is 25.7 Å². The second-order valence-corrected chi connectivity index (χ2v) is 6.81. The van der Waals surface area contributed by atoms with Crippen LogP contribution in [0.1, 0.15) is 43.0 Å². The predicted octanol–water partition coefficient (Wildman–Crippen LogP) is 0.399. The summed E-state index contributed by atoms with van der Waals surface area (Å²) in [6.07, 6.45) is 6.58. The molecule has 0 aromatic carbocycles. The monoisotopic (exact) mass is 331 g/mol. The van der Waals surface area contributed by atoms with Gasteiger partial charge in [-0.15, -0.1) is 5.10 Å². The van der Waals surface area contributed by atoms with Gasteiger partial charge in [-0.1, -0.05) is 13.3 Å². The van der Waals surface area contributed by atoms with Gasteiger partial charge in [0.1, 0.15) is 11.9 Å². The molecule has 1 aliphatic carbocycles. The second kappa shape index (κ2) is 5.66. The SMILES string of the molecule is CC[C@]1(O)CCC[C@H]2CN(C(=O)c3cn[nH]c3-n3cnnn3)C[C@H]21. The summed E-state index contributed by atoms with van der Waals surface area (Å²) in [5.41, 5.74) is -0.200. The molecule has 2 aliphatic rings. The number of nitrogens with one attached hydrogen (secondary N) is 1. The summed E-state index contributed by atoms with van der Waals surface area (Å²) in [5.74, 6) is 0.896. The van der Waals surface area contributed by atoms with E-state index in [1.807, 2.05) is 11.8 Å². The van der Waals surface area contributed by atoms with E-state index in [9.17, 15) is 9.90 Å². The number of fused-ring (bicyclic) bond motifs is 1. The van der Waals surface area contributed by atoms with E-state index in [1.54, 1.807) is 0 Å². The highest BCUT2D eigenvalue weighted by atomic mass is 16.3. The lowest BCUT2D eigenvalue weighted by molar-refractivity contribution is -0.0609. The number of aliphatic hydroxyl groups is 1. The zero-order chi connectivity index (χ0) is 16.7. The highest BCUT2D eigenvalue weighted by Crippen LogP contribution is 2.44. The third-order valence-corrected chi connectivity index (χ3v) is 5.64. The number of carbonyl (C=O) groups is 1. The molecule has 1 aliphatic heterocycles. The molecule has 2 N–H and O–H groups in total. The van der Waals surface area contributed by atoms with E-state index >= 15 is 0 Å². The van der Waals surface area contributed by atoms with E-state index in [-0.39, 0.29) is 11.8 Å². The van der Waals surface area contributed by atoms with Crippen LogP contribution in [0.15, 0.2) is 12.5 Å². The Morgan fingerprint density at radius 1 is 1.50 bits per heavy atom. The van der Waals surface area contributed by atoms with Crippen molar-refractivity contribution in [3.63, 3.8) is 0 Å². The van der Waals surface area contributed by atoms with Crippen molar-refractivity contribution in [2.45, 2.75) is 38.2 Å². The smallest absolute Gasteiger partial charge is 0.259 e. The van der Waals surface area contributed by atoms with Crippen LogP contribution < -0.4 is 0 Å². The Kier molecular flexibility index (Phi) is 3.60. The Labute approximate surface area is 139 Å². The van der Waals surface area contributed by atoms with Crippen LogP contribution in [-0.2, 0) is 0 Å². The van der Waals surface area contributed by atoms with Gasteiger partial charge in [-0.3, -0.25) is 9.89 Å². The standard InChI is InChI=1S/C15H21N7O2/c1-2-15(24)5-3-4-10-7-21(8-12(10)15)14(23)11-6-16-18-13(11)22-9-17-19-20-22/h6,9-10,12,24H,2-5,7-8H2,1H3,(H,16,18)/t10-,12+,15-/m0/s1. The quantitative estimate of drug-likeness (QED) is 0.842. The van der Waals surface area contributed by atoms with E-state index in [0.29, 0.717) is 30.4 Å². The summed E-state index contributed by atoms with van der Waals surface area (Å²) in [4.78, 5) is 14.8. The minimum Gasteiger partial charge on any atom is -0.390 e. The molecular weight excluding hydrogens is 310 g/mol. The van der Waals surface area contributed by atoms with Crippen LogP contribution in [-0.4, -0.2) is 65.0 Å². The van der Waals surface area contributed by atoms with Crippen molar-refractivity contribution in [1.82, 2.24) is 35.3 Å². The Morgan fingerprint density at radius 2 is 2.38 bits per heavy atom. The number of aromatic amines is 1. The van der Waals surface area contributed by atoms with Crippen LogP contribution in [0.3, 0.4) is 0 Å². The number of carbonyl (C=O) groups excluding carboxylic acids is 1. The number of aromatic nitrogens is 6. The van der Waals surface area contributed by atoms with Crippen LogP contribution in [0, 0.1) is 11.8 Å². The topological polar surface area (TPSA) is 113 Å². The molecule has 0 unspecified atom stereocenters. The molecule has 0 spiro atoms. The largest absolute Gasteiger partial charge is 0.390 e. The predicted molar refractivity (Wildman–Crippen MR) is 83.3 cm³/mol. The average molecular weight is 331 g/mol. The number of hydrogen-bond acceptors (Lipinski definition) is 6. The maximum atomic E-state index is 13.0. The average Bonchev–Trinajstić information content (AvgIpc) is 3.32. The van der Waals surface area contributed by atoms with Crippen LogP contribution in [0.4, 0.5) is 0 Å². The van der Waals surface area contributed by atoms with Gasteiger partial charge in [0.05, 0.1) is 11.8 Å². The first-order valence-corrected chi connectivity index (χ1v) is 8.41. The van der Waals surface area contributed by atoms with Crippen LogP contribution in [0.2, 0.25) is 0 Å². The summed E-state index contributed by atoms with van der Waals surface area (Å²) in [5, 5.41) is 28.6. The Balaban J connectivity index is 1.58. The van der Waals surface area contributed by atoms with Gasteiger partial charge in [0.15, 0.2) is 5.82 Å². The normalized spacial score (nSPS) is 29.7. The molecular formula is C15H21N7O2. The molecule has 128 valence electrons. The minimum absolute atomic E-state index is 0.0953. The van der Waals surface area contributed by atoms with Gasteiger partial charge in [-0.05, 0) is 35.6 Å². The first-order valence-electron chi connectivity index (χ1n) is 8.41. The van der Waals surface area contributed by atoms with Crippen molar-refractivity contribution in [3.05, 3.63) is 18.1 Å². The van der Waals surface area contributed by atoms with Crippen molar-refractivity contribution in [2.75, 3.05) is 13.1 Å². The molecule has 0 bridgehead atoms. The van der Waals surface area contributed by atoms with Gasteiger partial charge in [-0.25, -0.2) is 0 Å². The molecule has 0 radical (unpaired) electrons. The molecule has 1 amide bonds. The zero-order valence-corrected chi connectivity index (χ0v) is 13.6. The molecule has 24 heavy (non-hydrogen) atoms. The molecule has 2 aromatic rings. The number of amides is 1. The van der Waals surface area contributed by atoms with Crippen molar-refractivity contribution < 1.29 is 9.90 Å². The molecule has 9 heteroatoms. The van der Waals surface area contributed by atoms with Gasteiger partial charge >= 0.3 is 0 Å². The number of nitrogens with zero attached hydrogens (tertiary/aromatic N) is 6. The van der Waals surface area contributed by atoms with Crippen LogP contribution in [0.5, 0.6) is 0 Å². The molecule has 2 aromatic heterocycles. The molecule has 1 saturated carbocycles. The van der Waals surface area contributed by atoms with Crippen molar-refractivity contribution in [1.29, 1.82) is 0 Å². The number of tetrazole rings is 1. The first-order chi connectivity index (χ1) is 11.6. The van der Waals surface area contributed by atoms with Gasteiger partial charge in [0.25, 0.3) is 5.91 Å². The third kappa shape index (κ3) is 2.31. The summed E-state index contributed by atoms with van der Waals surface area (Å²) in [6, 6.07) is 0. The van der Waals surface area contributed by atoms with E-state index in [1.165, 1.54) is 17.2 Å². The van der Waals surface area contributed by atoms with Gasteiger partial charge < -0.3 is 10.0 Å². The molecule has 3 atom stereocenters. The summed E-state index contributed by atoms with van der Waals surface area (Å²) < 4.78 is 1.39. The Morgan fingerprint density at radius 3 is 3.12 bits per heavy atom. The van der Waals surface area contributed by atoms with E-state index in [4.69, 9.17) is 0 Å². The Bertz CT molecular complexity index is 728. The van der Waals surface area contributed by atoms with Crippen molar-refractivity contribution in [3.8, 4) is 5.82 Å². The Hall–Kier alpha value is -2.29. The number of hydrogen-bond donors (Lipinski definition) is 2. The fourth-order valence-corrected chi connectivity index (χ4v) is 4.28. The second-order valence-electron chi connectivity index (χ2n) is 6.81. The lowest BCUT2D eigenvalue weighted by Gasteiger charge is -2.40. The molecule has 1 saturated heterocycles. The number of likely N-dealkylation sites (tertiary alicyclic amines) is 1. The molecule has 9 nitrogen and oxygen atoms in total. The highest BCUT2D eigenvalue weighted by molar-refractivity contribution is 5.97. The van der Waals surface area contributed by atoms with Gasteiger partial charge in [0, 0.05) is 19.0 Å². The van der Waals surface area contributed by atoms with Gasteiger partial charge in [0.2, 0.25) is 0 Å². The lowest BCUT2D eigenvalue weighted by atomic mass is 9.69. The molecule has 2 fully saturated rings. The molecule has 3 heterocycles. The number of rotatable bonds is 3. The summed E-state index contributed by atoms with van der Waals surface area (Å²) in [7, 11) is 0. The van der Waals surface area contributed by atoms with Crippen molar-refractivity contribution >= 4 is 5.91 Å². The number of H-pyrrole nitrogens is 1. The third-order valence-electron chi connectivity index (χ3n) is 5.64. The first kappa shape index (κ1) is 15.3. The summed E-state index contributed by atoms with van der Waals surface area (Å²) >= 11 is 0. The maximum absolute atomic E-state index is 13.0. The fraction of sp³-hybridized carbons (Fsp3) is 0.667. The van der Waals surface area contributed by atoms with Crippen LogP contribution in [0.25, 0.3) is 5.82 Å². The zero-order valence-electron chi connectivity index (χ0n) is 13.6. The van der Waals surface area contributed by atoms with E-state index in [0.717, 1.165) is 25.7 Å². The van der Waals surface area contributed by atoms with Gasteiger partial charge in [-0.2, -0.15) is 9.78 Å².